The van der Waals surface area contributed by atoms with Crippen molar-refractivity contribution in [3.05, 3.63) is 46.6 Å². The summed E-state index contributed by atoms with van der Waals surface area (Å²) in [5, 5.41) is 16.3. The Morgan fingerprint density at radius 1 is 1.23 bits per heavy atom. The summed E-state index contributed by atoms with van der Waals surface area (Å²) in [6.07, 6.45) is -4.38. The van der Waals surface area contributed by atoms with Gasteiger partial charge in [0, 0.05) is 12.1 Å². The number of benzene rings is 1. The Bertz CT molecular complexity index is 650. The molecule has 1 aromatic carbocycles. The van der Waals surface area contributed by atoms with Crippen LogP contribution in [0.5, 0.6) is 0 Å². The number of aromatic nitrogens is 2. The average molecular weight is 313 g/mol. The van der Waals surface area contributed by atoms with Crippen LogP contribution >= 0.6 is 0 Å². The highest BCUT2D eigenvalue weighted by Crippen LogP contribution is 2.32. The summed E-state index contributed by atoms with van der Waals surface area (Å²) >= 11 is 0. The molecule has 0 saturated heterocycles. The zero-order valence-electron chi connectivity index (χ0n) is 12.4. The zero-order valence-corrected chi connectivity index (χ0v) is 12.4. The second-order valence-electron chi connectivity index (χ2n) is 5.01. The number of aryl methyl sites for hydroxylation is 1. The number of aliphatic hydroxyl groups is 1. The van der Waals surface area contributed by atoms with E-state index in [1.807, 2.05) is 13.8 Å². The molecule has 0 atom stereocenters. The molecule has 120 valence electrons. The third-order valence-electron chi connectivity index (χ3n) is 3.51. The van der Waals surface area contributed by atoms with E-state index >= 15 is 0 Å². The van der Waals surface area contributed by atoms with Crippen LogP contribution in [0.2, 0.25) is 0 Å². The molecule has 1 aromatic heterocycles. The third kappa shape index (κ3) is 3.41. The number of aliphatic hydroxyl groups excluding tert-OH is 1. The van der Waals surface area contributed by atoms with E-state index in [2.05, 4.69) is 10.4 Å². The first-order valence-corrected chi connectivity index (χ1v) is 6.88. The molecule has 2 rings (SSSR count). The lowest BCUT2D eigenvalue weighted by atomic mass is 10.1. The van der Waals surface area contributed by atoms with E-state index in [0.717, 1.165) is 17.3 Å². The first-order chi connectivity index (χ1) is 10.3. The van der Waals surface area contributed by atoms with Gasteiger partial charge >= 0.3 is 6.18 Å². The maximum absolute atomic E-state index is 13.0. The molecule has 0 spiro atoms. The van der Waals surface area contributed by atoms with E-state index in [1.165, 1.54) is 12.1 Å². The second-order valence-corrected chi connectivity index (χ2v) is 5.01. The molecule has 0 aliphatic rings. The average Bonchev–Trinajstić information content (AvgIpc) is 2.71. The van der Waals surface area contributed by atoms with Gasteiger partial charge in [-0.05, 0) is 25.5 Å². The van der Waals surface area contributed by atoms with Crippen LogP contribution in [0.3, 0.4) is 0 Å². The smallest absolute Gasteiger partial charge is 0.394 e. The van der Waals surface area contributed by atoms with Gasteiger partial charge in [-0.1, -0.05) is 18.2 Å². The van der Waals surface area contributed by atoms with Crippen molar-refractivity contribution < 1.29 is 18.3 Å². The quantitative estimate of drug-likeness (QED) is 0.891. The topological polar surface area (TPSA) is 50.1 Å². The molecule has 0 fully saturated rings. The molecule has 4 nitrogen and oxygen atoms in total. The number of hydrogen-bond donors (Lipinski definition) is 2. The minimum absolute atomic E-state index is 0.0348. The molecular weight excluding hydrogens is 295 g/mol. The molecule has 2 N–H and O–H groups in total. The molecule has 1 heterocycles. The Morgan fingerprint density at radius 3 is 2.55 bits per heavy atom. The highest BCUT2D eigenvalue weighted by Gasteiger charge is 2.32. The van der Waals surface area contributed by atoms with Gasteiger partial charge in [-0.25, -0.2) is 4.68 Å². The molecular formula is C15H18F3N3O. The maximum Gasteiger partial charge on any atom is 0.416 e. The fraction of sp³-hybridized carbons (Fsp3) is 0.400. The third-order valence-corrected chi connectivity index (χ3v) is 3.51. The highest BCUT2D eigenvalue weighted by atomic mass is 19.4. The van der Waals surface area contributed by atoms with Crippen molar-refractivity contribution in [3.63, 3.8) is 0 Å². The highest BCUT2D eigenvalue weighted by molar-refractivity contribution is 5.47. The first kappa shape index (κ1) is 16.4. The Morgan fingerprint density at radius 2 is 1.91 bits per heavy atom. The molecule has 0 amide bonds. The fourth-order valence-corrected chi connectivity index (χ4v) is 2.28. The molecule has 0 bridgehead atoms. The standard InChI is InChI=1S/C15H18F3N3O/c1-10-11(2)20-21(7-8-22)14(10)19-9-12-5-3-4-6-13(12)15(16,17)18/h3-6,19,22H,7-9H2,1-2H3. The minimum Gasteiger partial charge on any atom is -0.394 e. The van der Waals surface area contributed by atoms with Crippen LogP contribution in [-0.4, -0.2) is 21.5 Å². The molecule has 7 heteroatoms. The second kappa shape index (κ2) is 6.39. The van der Waals surface area contributed by atoms with Crippen LogP contribution in [-0.2, 0) is 19.3 Å². The van der Waals surface area contributed by atoms with E-state index in [-0.39, 0.29) is 25.3 Å². The molecule has 22 heavy (non-hydrogen) atoms. The van der Waals surface area contributed by atoms with Crippen LogP contribution in [0.15, 0.2) is 24.3 Å². The Labute approximate surface area is 126 Å². The lowest BCUT2D eigenvalue weighted by Crippen LogP contribution is -2.14. The van der Waals surface area contributed by atoms with Crippen LogP contribution in [0.4, 0.5) is 19.0 Å². The Hall–Kier alpha value is -2.02. The summed E-state index contributed by atoms with van der Waals surface area (Å²) in [4.78, 5) is 0. The number of anilines is 1. The van der Waals surface area contributed by atoms with Gasteiger partial charge in [-0.3, -0.25) is 0 Å². The normalized spacial score (nSPS) is 11.7. The van der Waals surface area contributed by atoms with Gasteiger partial charge in [0.05, 0.1) is 24.4 Å². The summed E-state index contributed by atoms with van der Waals surface area (Å²) in [6, 6.07) is 5.47. The largest absolute Gasteiger partial charge is 0.416 e. The number of rotatable bonds is 5. The molecule has 0 aliphatic heterocycles. The SMILES string of the molecule is Cc1nn(CCO)c(NCc2ccccc2C(F)(F)F)c1C. The molecule has 0 saturated carbocycles. The summed E-state index contributed by atoms with van der Waals surface area (Å²) in [5.41, 5.74) is 1.16. The van der Waals surface area contributed by atoms with Gasteiger partial charge in [0.2, 0.25) is 0 Å². The van der Waals surface area contributed by atoms with Gasteiger partial charge < -0.3 is 10.4 Å². The van der Waals surface area contributed by atoms with Crippen molar-refractivity contribution in [3.8, 4) is 0 Å². The summed E-state index contributed by atoms with van der Waals surface area (Å²) in [5.74, 6) is 0.628. The van der Waals surface area contributed by atoms with Crippen molar-refractivity contribution in [2.24, 2.45) is 0 Å². The van der Waals surface area contributed by atoms with Gasteiger partial charge in [-0.15, -0.1) is 0 Å². The van der Waals surface area contributed by atoms with Gasteiger partial charge in [-0.2, -0.15) is 18.3 Å². The van der Waals surface area contributed by atoms with Gasteiger partial charge in [0.1, 0.15) is 5.82 Å². The lowest BCUT2D eigenvalue weighted by Gasteiger charge is -2.15. The maximum atomic E-state index is 13.0. The zero-order chi connectivity index (χ0) is 16.3. The van der Waals surface area contributed by atoms with Crippen molar-refractivity contribution in [2.45, 2.75) is 33.1 Å². The Balaban J connectivity index is 2.25. The van der Waals surface area contributed by atoms with Gasteiger partial charge in [0.15, 0.2) is 0 Å². The van der Waals surface area contributed by atoms with Crippen LogP contribution < -0.4 is 5.32 Å². The molecule has 0 radical (unpaired) electrons. The first-order valence-electron chi connectivity index (χ1n) is 6.88. The molecule has 0 aliphatic carbocycles. The van der Waals surface area contributed by atoms with Crippen molar-refractivity contribution >= 4 is 5.82 Å². The summed E-state index contributed by atoms with van der Waals surface area (Å²) in [6.45, 7) is 3.89. The van der Waals surface area contributed by atoms with Crippen LogP contribution in [0.25, 0.3) is 0 Å². The van der Waals surface area contributed by atoms with E-state index in [0.29, 0.717) is 5.82 Å². The lowest BCUT2D eigenvalue weighted by molar-refractivity contribution is -0.138. The van der Waals surface area contributed by atoms with Crippen molar-refractivity contribution in [2.75, 3.05) is 11.9 Å². The van der Waals surface area contributed by atoms with Crippen molar-refractivity contribution in [1.82, 2.24) is 9.78 Å². The van der Waals surface area contributed by atoms with Crippen molar-refractivity contribution in [1.29, 1.82) is 0 Å². The van der Waals surface area contributed by atoms with E-state index in [1.54, 1.807) is 10.7 Å². The van der Waals surface area contributed by atoms with Gasteiger partial charge in [0.25, 0.3) is 0 Å². The predicted molar refractivity (Wildman–Crippen MR) is 77.6 cm³/mol. The molecule has 0 unspecified atom stereocenters. The number of nitrogens with one attached hydrogen (secondary N) is 1. The number of hydrogen-bond acceptors (Lipinski definition) is 3. The fourth-order valence-electron chi connectivity index (χ4n) is 2.28. The Kier molecular flexibility index (Phi) is 4.75. The van der Waals surface area contributed by atoms with E-state index < -0.39 is 11.7 Å². The number of nitrogens with zero attached hydrogens (tertiary/aromatic N) is 2. The van der Waals surface area contributed by atoms with E-state index in [9.17, 15) is 13.2 Å². The molecule has 2 aromatic rings. The number of halogens is 3. The minimum atomic E-state index is -4.38. The summed E-state index contributed by atoms with van der Waals surface area (Å²) in [7, 11) is 0. The monoisotopic (exact) mass is 313 g/mol. The van der Waals surface area contributed by atoms with Crippen LogP contribution in [0.1, 0.15) is 22.4 Å². The summed E-state index contributed by atoms with van der Waals surface area (Å²) < 4.78 is 40.5. The number of alkyl halides is 3. The predicted octanol–water partition coefficient (Wildman–Crippen LogP) is 3.12. The van der Waals surface area contributed by atoms with E-state index in [4.69, 9.17) is 5.11 Å². The van der Waals surface area contributed by atoms with Crippen LogP contribution in [0, 0.1) is 13.8 Å².